The van der Waals surface area contributed by atoms with E-state index in [2.05, 4.69) is 25.2 Å². The van der Waals surface area contributed by atoms with Crippen molar-refractivity contribution in [1.29, 1.82) is 0 Å². The van der Waals surface area contributed by atoms with Crippen LogP contribution >= 0.6 is 11.6 Å². The predicted molar refractivity (Wildman–Crippen MR) is 76.6 cm³/mol. The maximum atomic E-state index is 6.11. The largest absolute Gasteiger partial charge is 0.489 e. The van der Waals surface area contributed by atoms with E-state index in [1.807, 2.05) is 12.1 Å². The summed E-state index contributed by atoms with van der Waals surface area (Å²) in [5, 5.41) is 4.34. The van der Waals surface area contributed by atoms with Gasteiger partial charge in [0, 0.05) is 17.6 Å². The molecule has 1 N–H and O–H groups in total. The van der Waals surface area contributed by atoms with Crippen LogP contribution in [0.1, 0.15) is 38.7 Å². The van der Waals surface area contributed by atoms with Crippen LogP contribution in [-0.4, -0.2) is 18.7 Å². The highest BCUT2D eigenvalue weighted by molar-refractivity contribution is 6.31. The normalized spacial score (nSPS) is 16.6. The second-order valence-electron chi connectivity index (χ2n) is 4.94. The first-order valence-electron chi connectivity index (χ1n) is 6.91. The smallest absolute Gasteiger partial charge is 0.120 e. The van der Waals surface area contributed by atoms with Gasteiger partial charge in [0.15, 0.2) is 0 Å². The summed E-state index contributed by atoms with van der Waals surface area (Å²) in [4.78, 5) is 0. The average molecular weight is 268 g/mol. The zero-order valence-corrected chi connectivity index (χ0v) is 12.0. The molecule has 100 valence electrons. The third-order valence-electron chi connectivity index (χ3n) is 3.37. The van der Waals surface area contributed by atoms with Crippen molar-refractivity contribution in [2.24, 2.45) is 0 Å². The molecule has 0 amide bonds. The molecule has 1 aliphatic carbocycles. The van der Waals surface area contributed by atoms with E-state index in [0.29, 0.717) is 0 Å². The molecule has 0 aromatic heterocycles. The molecule has 3 heteroatoms. The van der Waals surface area contributed by atoms with Crippen molar-refractivity contribution in [2.45, 2.75) is 51.7 Å². The number of hydrogen-bond acceptors (Lipinski definition) is 2. The Morgan fingerprint density at radius 3 is 2.78 bits per heavy atom. The van der Waals surface area contributed by atoms with Crippen LogP contribution < -0.4 is 10.1 Å². The van der Waals surface area contributed by atoms with Gasteiger partial charge in [0.05, 0.1) is 0 Å². The minimum Gasteiger partial charge on any atom is -0.489 e. The molecular weight excluding hydrogens is 246 g/mol. The summed E-state index contributed by atoms with van der Waals surface area (Å²) in [6, 6.07) is 6.68. The third-order valence-corrected chi connectivity index (χ3v) is 3.74. The van der Waals surface area contributed by atoms with Gasteiger partial charge in [-0.05, 0) is 49.4 Å². The van der Waals surface area contributed by atoms with E-state index in [4.69, 9.17) is 16.3 Å². The van der Waals surface area contributed by atoms with Gasteiger partial charge in [-0.15, -0.1) is 0 Å². The van der Waals surface area contributed by atoms with Crippen molar-refractivity contribution in [3.05, 3.63) is 28.8 Å². The van der Waals surface area contributed by atoms with E-state index in [0.717, 1.165) is 41.8 Å². The van der Waals surface area contributed by atoms with Crippen molar-refractivity contribution in [2.75, 3.05) is 6.54 Å². The Morgan fingerprint density at radius 1 is 1.39 bits per heavy atom. The molecule has 1 saturated carbocycles. The number of rotatable bonds is 7. The van der Waals surface area contributed by atoms with E-state index in [1.165, 1.54) is 12.8 Å². The summed E-state index contributed by atoms with van der Waals surface area (Å²) in [5.41, 5.74) is 1.15. The Bertz CT molecular complexity index is 390. The van der Waals surface area contributed by atoms with Crippen LogP contribution in [0.15, 0.2) is 18.2 Å². The number of benzene rings is 1. The molecule has 2 nitrogen and oxygen atoms in total. The quantitative estimate of drug-likeness (QED) is 0.811. The second-order valence-corrected chi connectivity index (χ2v) is 5.34. The maximum Gasteiger partial charge on any atom is 0.120 e. The molecule has 1 aromatic carbocycles. The highest BCUT2D eigenvalue weighted by Gasteiger charge is 2.21. The summed E-state index contributed by atoms with van der Waals surface area (Å²) in [6.45, 7) is 5.21. The molecule has 0 heterocycles. The highest BCUT2D eigenvalue weighted by atomic mass is 35.5. The molecule has 18 heavy (non-hydrogen) atoms. The monoisotopic (exact) mass is 267 g/mol. The summed E-state index contributed by atoms with van der Waals surface area (Å²) in [6.07, 6.45) is 4.84. The van der Waals surface area contributed by atoms with Gasteiger partial charge in [0.2, 0.25) is 0 Å². The first kappa shape index (κ1) is 13.7. The van der Waals surface area contributed by atoms with Gasteiger partial charge >= 0.3 is 0 Å². The molecule has 2 rings (SSSR count). The Balaban J connectivity index is 1.92. The van der Waals surface area contributed by atoms with E-state index < -0.39 is 0 Å². The fourth-order valence-electron chi connectivity index (χ4n) is 1.94. The second kappa shape index (κ2) is 6.44. The minimum atomic E-state index is 0.247. The lowest BCUT2D eigenvalue weighted by Gasteiger charge is -2.19. The molecular formula is C15H22ClNO. The predicted octanol–water partition coefficient (Wildman–Crippen LogP) is 3.81. The van der Waals surface area contributed by atoms with Gasteiger partial charge in [0.1, 0.15) is 11.9 Å². The van der Waals surface area contributed by atoms with Gasteiger partial charge in [-0.2, -0.15) is 0 Å². The lowest BCUT2D eigenvalue weighted by molar-refractivity contribution is 0.192. The maximum absolute atomic E-state index is 6.11. The van der Waals surface area contributed by atoms with E-state index in [1.54, 1.807) is 0 Å². The summed E-state index contributed by atoms with van der Waals surface area (Å²) >= 11 is 6.11. The van der Waals surface area contributed by atoms with Crippen molar-refractivity contribution in [3.63, 3.8) is 0 Å². The lowest BCUT2D eigenvalue weighted by atomic mass is 10.1. The van der Waals surface area contributed by atoms with E-state index >= 15 is 0 Å². The Morgan fingerprint density at radius 2 is 2.17 bits per heavy atom. The van der Waals surface area contributed by atoms with Gasteiger partial charge in [0.25, 0.3) is 0 Å². The van der Waals surface area contributed by atoms with Crippen molar-refractivity contribution in [1.82, 2.24) is 5.32 Å². The molecule has 0 radical (unpaired) electrons. The van der Waals surface area contributed by atoms with Crippen LogP contribution in [0, 0.1) is 0 Å². The lowest BCUT2D eigenvalue weighted by Crippen LogP contribution is -2.32. The fourth-order valence-corrected chi connectivity index (χ4v) is 2.19. The van der Waals surface area contributed by atoms with Crippen molar-refractivity contribution < 1.29 is 4.74 Å². The van der Waals surface area contributed by atoms with Crippen LogP contribution in [0.25, 0.3) is 0 Å². The zero-order chi connectivity index (χ0) is 13.0. The summed E-state index contributed by atoms with van der Waals surface area (Å²) in [5.74, 6) is 0.931. The number of aryl methyl sites for hydroxylation is 1. The zero-order valence-electron chi connectivity index (χ0n) is 11.2. The van der Waals surface area contributed by atoms with Crippen LogP contribution in [0.3, 0.4) is 0 Å². The number of hydrogen-bond donors (Lipinski definition) is 1. The molecule has 1 aliphatic rings. The standard InChI is InChI=1S/C15H22ClNO/c1-3-11-9-14(7-8-15(11)16)18-13(4-2)10-17-12-5-6-12/h7-9,12-13,17H,3-6,10H2,1-2H3. The molecule has 0 bridgehead atoms. The molecule has 1 fully saturated rings. The van der Waals surface area contributed by atoms with E-state index in [9.17, 15) is 0 Å². The van der Waals surface area contributed by atoms with E-state index in [-0.39, 0.29) is 6.10 Å². The van der Waals surface area contributed by atoms with Crippen molar-refractivity contribution in [3.8, 4) is 5.75 Å². The van der Waals surface area contributed by atoms with Gasteiger partial charge < -0.3 is 10.1 Å². The summed E-state index contributed by atoms with van der Waals surface area (Å²) in [7, 11) is 0. The Kier molecular flexibility index (Phi) is 4.90. The van der Waals surface area contributed by atoms with Crippen LogP contribution in [0.5, 0.6) is 5.75 Å². The van der Waals surface area contributed by atoms with Crippen LogP contribution in [0.4, 0.5) is 0 Å². The Labute approximate surface area is 115 Å². The third kappa shape index (κ3) is 3.89. The SMILES string of the molecule is CCc1cc(OC(CC)CNC2CC2)ccc1Cl. The molecule has 1 aromatic rings. The molecule has 0 spiro atoms. The summed E-state index contributed by atoms with van der Waals surface area (Å²) < 4.78 is 6.02. The van der Waals surface area contributed by atoms with Gasteiger partial charge in [-0.3, -0.25) is 0 Å². The number of halogens is 1. The average Bonchev–Trinajstić information content (AvgIpc) is 3.20. The van der Waals surface area contributed by atoms with Crippen molar-refractivity contribution >= 4 is 11.6 Å². The molecule has 0 aliphatic heterocycles. The van der Waals surface area contributed by atoms with Gasteiger partial charge in [-0.1, -0.05) is 25.4 Å². The Hall–Kier alpha value is -0.730. The number of nitrogens with one attached hydrogen (secondary N) is 1. The first-order chi connectivity index (χ1) is 8.72. The fraction of sp³-hybridized carbons (Fsp3) is 0.600. The molecule has 1 unspecified atom stereocenters. The number of ether oxygens (including phenoxy) is 1. The highest BCUT2D eigenvalue weighted by Crippen LogP contribution is 2.24. The van der Waals surface area contributed by atoms with Crippen LogP contribution in [-0.2, 0) is 6.42 Å². The topological polar surface area (TPSA) is 21.3 Å². The van der Waals surface area contributed by atoms with Gasteiger partial charge in [-0.25, -0.2) is 0 Å². The minimum absolute atomic E-state index is 0.247. The molecule has 1 atom stereocenters. The first-order valence-corrected chi connectivity index (χ1v) is 7.29. The van der Waals surface area contributed by atoms with Crippen LogP contribution in [0.2, 0.25) is 5.02 Å². The molecule has 0 saturated heterocycles.